The zero-order valence-corrected chi connectivity index (χ0v) is 11.2. The van der Waals surface area contributed by atoms with Crippen LogP contribution in [0, 0.1) is 0 Å². The SMILES string of the molecule is COCc1cccc(C2CC(=O)N2S(=O)(=O)Cl)c1. The minimum atomic E-state index is -4.01. The van der Waals surface area contributed by atoms with Gasteiger partial charge in [-0.25, -0.2) is 4.31 Å². The van der Waals surface area contributed by atoms with Crippen molar-refractivity contribution in [3.05, 3.63) is 35.4 Å². The first-order valence-electron chi connectivity index (χ1n) is 5.28. The molecule has 1 aliphatic heterocycles. The Morgan fingerprint density at radius 2 is 2.22 bits per heavy atom. The van der Waals surface area contributed by atoms with Gasteiger partial charge in [-0.3, -0.25) is 4.79 Å². The molecule has 5 nitrogen and oxygen atoms in total. The third kappa shape index (κ3) is 2.50. The molecule has 0 radical (unpaired) electrons. The largest absolute Gasteiger partial charge is 0.380 e. The second kappa shape index (κ2) is 4.87. The standard InChI is InChI=1S/C11H12ClNO4S/c1-17-7-8-3-2-4-9(5-8)10-6-11(14)13(10)18(12,15)16/h2-5,10H,6-7H2,1H3. The van der Waals surface area contributed by atoms with Gasteiger partial charge in [0.25, 0.3) is 0 Å². The summed E-state index contributed by atoms with van der Waals surface area (Å²) in [7, 11) is 2.79. The van der Waals surface area contributed by atoms with E-state index in [2.05, 4.69) is 0 Å². The van der Waals surface area contributed by atoms with Crippen molar-refractivity contribution in [1.82, 2.24) is 4.31 Å². The Labute approximate surface area is 110 Å². The number of carbonyl (C=O) groups is 1. The zero-order chi connectivity index (χ0) is 13.3. The number of amides is 1. The van der Waals surface area contributed by atoms with Crippen LogP contribution in [0.5, 0.6) is 0 Å². The summed E-state index contributed by atoms with van der Waals surface area (Å²) in [6.45, 7) is 0.433. The van der Waals surface area contributed by atoms with Crippen LogP contribution in [0.1, 0.15) is 23.6 Å². The van der Waals surface area contributed by atoms with Crippen molar-refractivity contribution < 1.29 is 17.9 Å². The van der Waals surface area contributed by atoms with Crippen LogP contribution in [0.2, 0.25) is 0 Å². The number of rotatable bonds is 4. The summed E-state index contributed by atoms with van der Waals surface area (Å²) < 4.78 is 28.2. The van der Waals surface area contributed by atoms with E-state index in [0.717, 1.165) is 11.1 Å². The number of hydrogen-bond donors (Lipinski definition) is 0. The molecule has 1 atom stereocenters. The molecule has 1 aromatic carbocycles. The van der Waals surface area contributed by atoms with Gasteiger partial charge in [-0.2, -0.15) is 8.42 Å². The second-order valence-corrected chi connectivity index (χ2v) is 6.42. The van der Waals surface area contributed by atoms with Crippen LogP contribution in [0.25, 0.3) is 0 Å². The van der Waals surface area contributed by atoms with Crippen molar-refractivity contribution in [2.45, 2.75) is 19.1 Å². The average molecular weight is 290 g/mol. The highest BCUT2D eigenvalue weighted by atomic mass is 35.7. The van der Waals surface area contributed by atoms with Crippen LogP contribution < -0.4 is 0 Å². The maximum absolute atomic E-state index is 11.3. The van der Waals surface area contributed by atoms with Crippen LogP contribution in [0.15, 0.2) is 24.3 Å². The van der Waals surface area contributed by atoms with Crippen LogP contribution in [0.4, 0.5) is 0 Å². The van der Waals surface area contributed by atoms with Gasteiger partial charge in [0.1, 0.15) is 0 Å². The lowest BCUT2D eigenvalue weighted by atomic mass is 9.96. The highest BCUT2D eigenvalue weighted by molar-refractivity contribution is 8.12. The van der Waals surface area contributed by atoms with Gasteiger partial charge in [0, 0.05) is 17.8 Å². The molecule has 1 amide bonds. The van der Waals surface area contributed by atoms with E-state index < -0.39 is 21.2 Å². The van der Waals surface area contributed by atoms with E-state index in [4.69, 9.17) is 15.4 Å². The molecule has 1 fully saturated rings. The summed E-state index contributed by atoms with van der Waals surface area (Å²) in [5.41, 5.74) is 1.66. The number of β-lactam (4-membered cyclic amide) rings is 1. The molecule has 1 aliphatic rings. The minimum absolute atomic E-state index is 0.155. The van der Waals surface area contributed by atoms with Crippen molar-refractivity contribution in [3.8, 4) is 0 Å². The molecule has 18 heavy (non-hydrogen) atoms. The number of nitrogens with zero attached hydrogens (tertiary/aromatic N) is 1. The lowest BCUT2D eigenvalue weighted by Gasteiger charge is -2.37. The van der Waals surface area contributed by atoms with E-state index in [1.54, 1.807) is 19.2 Å². The van der Waals surface area contributed by atoms with Crippen LogP contribution >= 0.6 is 10.7 Å². The molecule has 0 bridgehead atoms. The molecular formula is C11H12ClNO4S. The lowest BCUT2D eigenvalue weighted by molar-refractivity contribution is -0.137. The number of carbonyl (C=O) groups excluding carboxylic acids is 1. The van der Waals surface area contributed by atoms with E-state index >= 15 is 0 Å². The Bertz CT molecular complexity index is 572. The molecule has 2 rings (SSSR count). The first kappa shape index (κ1) is 13.3. The number of halogens is 1. The van der Waals surface area contributed by atoms with Crippen LogP contribution in [0.3, 0.4) is 0 Å². The Morgan fingerprint density at radius 1 is 1.50 bits per heavy atom. The van der Waals surface area contributed by atoms with Gasteiger partial charge in [-0.05, 0) is 11.1 Å². The molecule has 1 heterocycles. The Kier molecular flexibility index (Phi) is 3.61. The minimum Gasteiger partial charge on any atom is -0.380 e. The lowest BCUT2D eigenvalue weighted by Crippen LogP contribution is -2.47. The second-order valence-electron chi connectivity index (χ2n) is 4.03. The molecule has 7 heteroatoms. The first-order valence-corrected chi connectivity index (χ1v) is 7.54. The predicted octanol–water partition coefficient (Wildman–Crippen LogP) is 1.59. The Balaban J connectivity index is 2.27. The molecular weight excluding hydrogens is 278 g/mol. The van der Waals surface area contributed by atoms with E-state index in [-0.39, 0.29) is 6.42 Å². The zero-order valence-electron chi connectivity index (χ0n) is 9.67. The fourth-order valence-electron chi connectivity index (χ4n) is 1.98. The maximum Gasteiger partial charge on any atom is 0.324 e. The summed E-state index contributed by atoms with van der Waals surface area (Å²) in [5.74, 6) is -0.479. The number of methoxy groups -OCH3 is 1. The van der Waals surface area contributed by atoms with Gasteiger partial charge < -0.3 is 4.74 Å². The Morgan fingerprint density at radius 3 is 2.78 bits per heavy atom. The summed E-state index contributed by atoms with van der Waals surface area (Å²) in [5, 5.41) is 0. The average Bonchev–Trinajstić information content (AvgIpc) is 2.24. The Hall–Kier alpha value is -1.11. The number of benzene rings is 1. The summed E-state index contributed by atoms with van der Waals surface area (Å²) >= 11 is 0. The fourth-order valence-corrected chi connectivity index (χ4v) is 3.32. The molecule has 0 N–H and O–H groups in total. The molecule has 1 unspecified atom stereocenters. The van der Waals surface area contributed by atoms with Gasteiger partial charge >= 0.3 is 9.24 Å². The van der Waals surface area contributed by atoms with Crippen molar-refractivity contribution in [2.24, 2.45) is 0 Å². The fraction of sp³-hybridized carbons (Fsp3) is 0.364. The van der Waals surface area contributed by atoms with Crippen molar-refractivity contribution in [3.63, 3.8) is 0 Å². The summed E-state index contributed by atoms with van der Waals surface area (Å²) in [6, 6.07) is 6.75. The number of ether oxygens (including phenoxy) is 1. The molecule has 0 spiro atoms. The quantitative estimate of drug-likeness (QED) is 0.624. The molecule has 0 aliphatic carbocycles. The van der Waals surface area contributed by atoms with Crippen molar-refractivity contribution in [2.75, 3.05) is 7.11 Å². The van der Waals surface area contributed by atoms with Crippen LogP contribution in [-0.2, 0) is 25.4 Å². The summed E-state index contributed by atoms with van der Waals surface area (Å²) in [6.07, 6.45) is 0.155. The van der Waals surface area contributed by atoms with Gasteiger partial charge in [-0.15, -0.1) is 0 Å². The van der Waals surface area contributed by atoms with Gasteiger partial charge in [0.15, 0.2) is 0 Å². The topological polar surface area (TPSA) is 63.7 Å². The maximum atomic E-state index is 11.3. The van der Waals surface area contributed by atoms with Gasteiger partial charge in [0.05, 0.1) is 19.1 Å². The molecule has 98 valence electrons. The smallest absolute Gasteiger partial charge is 0.324 e. The number of hydrogen-bond acceptors (Lipinski definition) is 4. The normalized spacial score (nSPS) is 19.8. The van der Waals surface area contributed by atoms with Gasteiger partial charge in [0.2, 0.25) is 5.91 Å². The monoisotopic (exact) mass is 289 g/mol. The van der Waals surface area contributed by atoms with Crippen LogP contribution in [-0.4, -0.2) is 25.7 Å². The predicted molar refractivity (Wildman–Crippen MR) is 66.1 cm³/mol. The van der Waals surface area contributed by atoms with E-state index in [1.807, 2.05) is 12.1 Å². The van der Waals surface area contributed by atoms with E-state index in [9.17, 15) is 13.2 Å². The molecule has 0 aromatic heterocycles. The van der Waals surface area contributed by atoms with E-state index in [1.165, 1.54) is 0 Å². The van der Waals surface area contributed by atoms with Crippen molar-refractivity contribution in [1.29, 1.82) is 0 Å². The first-order chi connectivity index (χ1) is 8.43. The molecule has 0 saturated carbocycles. The highest BCUT2D eigenvalue weighted by Crippen LogP contribution is 2.38. The molecule has 1 saturated heterocycles. The van der Waals surface area contributed by atoms with Crippen molar-refractivity contribution >= 4 is 25.8 Å². The third-order valence-electron chi connectivity index (χ3n) is 2.78. The molecule has 1 aromatic rings. The van der Waals surface area contributed by atoms with E-state index in [0.29, 0.717) is 10.9 Å². The van der Waals surface area contributed by atoms with Gasteiger partial charge in [-0.1, -0.05) is 24.3 Å². The summed E-state index contributed by atoms with van der Waals surface area (Å²) in [4.78, 5) is 11.3. The highest BCUT2D eigenvalue weighted by Gasteiger charge is 2.44. The third-order valence-corrected chi connectivity index (χ3v) is 4.15.